The van der Waals surface area contributed by atoms with Gasteiger partial charge in [-0.25, -0.2) is 13.4 Å². The molecule has 3 rings (SSSR count). The van der Waals surface area contributed by atoms with Gasteiger partial charge in [0, 0.05) is 6.07 Å². The fraction of sp³-hybridized carbons (Fsp3) is 0.235. The molecule has 0 bridgehead atoms. The van der Waals surface area contributed by atoms with Gasteiger partial charge in [-0.2, -0.15) is 0 Å². The van der Waals surface area contributed by atoms with Crippen molar-refractivity contribution in [2.75, 3.05) is 18.9 Å². The van der Waals surface area contributed by atoms with Crippen molar-refractivity contribution in [2.24, 2.45) is 0 Å². The van der Waals surface area contributed by atoms with Crippen LogP contribution in [0.5, 0.6) is 11.5 Å². The van der Waals surface area contributed by atoms with Crippen molar-refractivity contribution in [3.8, 4) is 11.5 Å². The number of fused-ring (bicyclic) bond motifs is 1. The lowest BCUT2D eigenvalue weighted by Crippen LogP contribution is -2.13. The van der Waals surface area contributed by atoms with Gasteiger partial charge < -0.3 is 9.47 Å². The van der Waals surface area contributed by atoms with Gasteiger partial charge >= 0.3 is 0 Å². The maximum atomic E-state index is 12.7. The van der Waals surface area contributed by atoms with Crippen LogP contribution in [0.25, 0.3) is 10.2 Å². The molecule has 0 atom stereocenters. The predicted octanol–water partition coefficient (Wildman–Crippen LogP) is 3.73. The first kappa shape index (κ1) is 17.5. The Morgan fingerprint density at radius 2 is 1.76 bits per heavy atom. The minimum Gasteiger partial charge on any atom is -0.493 e. The molecular formula is C17H18N2O4S2. The second-order valence-corrected chi connectivity index (χ2v) is 8.28. The number of hydrogen-bond donors (Lipinski definition) is 1. The Bertz CT molecular complexity index is 1040. The van der Waals surface area contributed by atoms with Crippen LogP contribution in [0.3, 0.4) is 0 Å². The first-order chi connectivity index (χ1) is 11.8. The predicted molar refractivity (Wildman–Crippen MR) is 99.4 cm³/mol. The van der Waals surface area contributed by atoms with Crippen molar-refractivity contribution in [1.82, 2.24) is 4.98 Å². The summed E-state index contributed by atoms with van der Waals surface area (Å²) in [5.41, 5.74) is 2.94. The fourth-order valence-electron chi connectivity index (χ4n) is 2.57. The van der Waals surface area contributed by atoms with Crippen LogP contribution in [0.1, 0.15) is 11.1 Å². The summed E-state index contributed by atoms with van der Waals surface area (Å²) in [5, 5.41) is 0.332. The Morgan fingerprint density at radius 3 is 2.44 bits per heavy atom. The van der Waals surface area contributed by atoms with E-state index in [-0.39, 0.29) is 4.90 Å². The summed E-state index contributed by atoms with van der Waals surface area (Å²) >= 11 is 1.31. The van der Waals surface area contributed by atoms with Crippen LogP contribution in [-0.4, -0.2) is 27.6 Å². The largest absolute Gasteiger partial charge is 0.493 e. The highest BCUT2D eigenvalue weighted by atomic mass is 32.2. The maximum Gasteiger partial charge on any atom is 0.263 e. The van der Waals surface area contributed by atoms with E-state index in [1.807, 2.05) is 26.0 Å². The third-order valence-electron chi connectivity index (χ3n) is 3.72. The van der Waals surface area contributed by atoms with E-state index in [9.17, 15) is 8.42 Å². The van der Waals surface area contributed by atoms with E-state index in [0.29, 0.717) is 16.6 Å². The number of hydrogen-bond acceptors (Lipinski definition) is 6. The number of benzene rings is 2. The van der Waals surface area contributed by atoms with E-state index < -0.39 is 10.0 Å². The quantitative estimate of drug-likeness (QED) is 0.732. The maximum absolute atomic E-state index is 12.7. The highest BCUT2D eigenvalue weighted by Gasteiger charge is 2.19. The Balaban J connectivity index is 1.98. The number of ether oxygens (including phenoxy) is 2. The van der Waals surface area contributed by atoms with Crippen LogP contribution in [0.4, 0.5) is 5.13 Å². The van der Waals surface area contributed by atoms with Crippen molar-refractivity contribution >= 4 is 36.7 Å². The van der Waals surface area contributed by atoms with Crippen LogP contribution in [0.2, 0.25) is 0 Å². The molecule has 1 heterocycles. The normalized spacial score (nSPS) is 11.5. The van der Waals surface area contributed by atoms with Crippen molar-refractivity contribution in [1.29, 1.82) is 0 Å². The lowest BCUT2D eigenvalue weighted by molar-refractivity contribution is 0.354. The molecule has 0 fully saturated rings. The third kappa shape index (κ3) is 3.40. The molecule has 0 aliphatic rings. The zero-order valence-electron chi connectivity index (χ0n) is 14.3. The van der Waals surface area contributed by atoms with Crippen molar-refractivity contribution in [2.45, 2.75) is 18.7 Å². The average Bonchev–Trinajstić information content (AvgIpc) is 2.95. The molecule has 0 aliphatic carbocycles. The van der Waals surface area contributed by atoms with E-state index in [0.717, 1.165) is 21.3 Å². The van der Waals surface area contributed by atoms with E-state index in [1.54, 1.807) is 6.07 Å². The zero-order chi connectivity index (χ0) is 18.2. The SMILES string of the molecule is COc1ccc(S(=O)(=O)Nc2nc3c(C)cc(C)cc3s2)cc1OC. The van der Waals surface area contributed by atoms with E-state index >= 15 is 0 Å². The van der Waals surface area contributed by atoms with Crippen molar-refractivity contribution in [3.63, 3.8) is 0 Å². The fourth-order valence-corrected chi connectivity index (χ4v) is 4.86. The lowest BCUT2D eigenvalue weighted by atomic mass is 10.1. The molecule has 0 spiro atoms. The summed E-state index contributed by atoms with van der Waals surface area (Å²) in [6.07, 6.45) is 0. The summed E-state index contributed by atoms with van der Waals surface area (Å²) in [4.78, 5) is 4.49. The van der Waals surface area contributed by atoms with E-state index in [2.05, 4.69) is 9.71 Å². The number of rotatable bonds is 5. The number of nitrogens with one attached hydrogen (secondary N) is 1. The van der Waals surface area contributed by atoms with Gasteiger partial charge in [-0.15, -0.1) is 0 Å². The highest BCUT2D eigenvalue weighted by Crippen LogP contribution is 2.33. The van der Waals surface area contributed by atoms with Gasteiger partial charge in [0.15, 0.2) is 16.6 Å². The Kier molecular flexibility index (Phi) is 4.57. The molecule has 0 saturated carbocycles. The molecular weight excluding hydrogens is 360 g/mol. The van der Waals surface area contributed by atoms with Gasteiger partial charge in [0.1, 0.15) is 0 Å². The Hall–Kier alpha value is -2.32. The molecule has 0 saturated heterocycles. The molecule has 2 aromatic carbocycles. The minimum atomic E-state index is -3.78. The van der Waals surface area contributed by atoms with Gasteiger partial charge in [-0.3, -0.25) is 4.72 Å². The number of sulfonamides is 1. The topological polar surface area (TPSA) is 77.5 Å². The van der Waals surface area contributed by atoms with E-state index in [1.165, 1.54) is 37.7 Å². The first-order valence-electron chi connectivity index (χ1n) is 7.46. The molecule has 8 heteroatoms. The van der Waals surface area contributed by atoms with Gasteiger partial charge in [0.05, 0.1) is 29.3 Å². The smallest absolute Gasteiger partial charge is 0.263 e. The summed E-state index contributed by atoms with van der Waals surface area (Å²) in [5.74, 6) is 0.814. The highest BCUT2D eigenvalue weighted by molar-refractivity contribution is 7.93. The number of aromatic nitrogens is 1. The number of methoxy groups -OCH3 is 2. The zero-order valence-corrected chi connectivity index (χ0v) is 15.9. The lowest BCUT2D eigenvalue weighted by Gasteiger charge is -2.10. The molecule has 0 radical (unpaired) electrons. The molecule has 6 nitrogen and oxygen atoms in total. The molecule has 25 heavy (non-hydrogen) atoms. The monoisotopic (exact) mass is 378 g/mol. The molecule has 132 valence electrons. The second-order valence-electron chi connectivity index (χ2n) is 5.57. The average molecular weight is 378 g/mol. The second kappa shape index (κ2) is 6.53. The van der Waals surface area contributed by atoms with Gasteiger partial charge in [0.25, 0.3) is 10.0 Å². The molecule has 0 aliphatic heterocycles. The van der Waals surface area contributed by atoms with Crippen LogP contribution in [0, 0.1) is 13.8 Å². The molecule has 0 unspecified atom stereocenters. The van der Waals surface area contributed by atoms with Crippen molar-refractivity contribution < 1.29 is 17.9 Å². The Labute approximate surface area is 150 Å². The number of anilines is 1. The molecule has 0 amide bonds. The minimum absolute atomic E-state index is 0.0808. The summed E-state index contributed by atoms with van der Waals surface area (Å²) in [6.45, 7) is 3.96. The standard InChI is InChI=1S/C17H18N2O4S2/c1-10-7-11(2)16-15(8-10)24-17(18-16)19-25(20,21)12-5-6-13(22-3)14(9-12)23-4/h5-9H,1-4H3,(H,18,19). The molecule has 1 aromatic heterocycles. The summed E-state index contributed by atoms with van der Waals surface area (Å²) in [6, 6.07) is 8.46. The van der Waals surface area contributed by atoms with Crippen molar-refractivity contribution in [3.05, 3.63) is 41.5 Å². The van der Waals surface area contributed by atoms with Crippen LogP contribution in [0.15, 0.2) is 35.2 Å². The van der Waals surface area contributed by atoms with Crippen LogP contribution < -0.4 is 14.2 Å². The van der Waals surface area contributed by atoms with Crippen LogP contribution >= 0.6 is 11.3 Å². The number of thiazole rings is 1. The first-order valence-corrected chi connectivity index (χ1v) is 9.76. The Morgan fingerprint density at radius 1 is 1.04 bits per heavy atom. The number of nitrogens with zero attached hydrogens (tertiary/aromatic N) is 1. The van der Waals surface area contributed by atoms with E-state index in [4.69, 9.17) is 9.47 Å². The summed E-state index contributed by atoms with van der Waals surface area (Å²) < 4.78 is 39.1. The van der Waals surface area contributed by atoms with Gasteiger partial charge in [-0.05, 0) is 43.2 Å². The van der Waals surface area contributed by atoms with Crippen LogP contribution in [-0.2, 0) is 10.0 Å². The van der Waals surface area contributed by atoms with Gasteiger partial charge in [-0.1, -0.05) is 17.4 Å². The van der Waals surface area contributed by atoms with Gasteiger partial charge in [0.2, 0.25) is 0 Å². The molecule has 3 aromatic rings. The number of aryl methyl sites for hydroxylation is 2. The summed E-state index contributed by atoms with van der Waals surface area (Å²) in [7, 11) is -0.825. The third-order valence-corrected chi connectivity index (χ3v) is 6.10. The molecule has 1 N–H and O–H groups in total.